The van der Waals surface area contributed by atoms with E-state index in [0.29, 0.717) is 6.61 Å². The van der Waals surface area contributed by atoms with E-state index in [0.717, 1.165) is 25.0 Å². The lowest BCUT2D eigenvalue weighted by molar-refractivity contribution is -0.138. The summed E-state index contributed by atoms with van der Waals surface area (Å²) in [7, 11) is -4.02. The summed E-state index contributed by atoms with van der Waals surface area (Å²) in [4.78, 5) is 11.0. The minimum atomic E-state index is -4.46. The lowest BCUT2D eigenvalue weighted by Crippen LogP contribution is -2.07. The largest absolute Gasteiger partial charge is 0.494 e. The van der Waals surface area contributed by atoms with Crippen LogP contribution in [0.3, 0.4) is 0 Å². The van der Waals surface area contributed by atoms with Crippen molar-refractivity contribution in [3.63, 3.8) is 0 Å². The van der Waals surface area contributed by atoms with Crippen LogP contribution >= 0.6 is 0 Å². The summed E-state index contributed by atoms with van der Waals surface area (Å²) in [5.74, 6) is -0.461. The summed E-state index contributed by atoms with van der Waals surface area (Å²) in [6.07, 6.45) is -3.20. The molecule has 0 amide bonds. The molecule has 10 heteroatoms. The van der Waals surface area contributed by atoms with Crippen molar-refractivity contribution in [2.75, 3.05) is 6.61 Å². The van der Waals surface area contributed by atoms with E-state index < -0.39 is 27.5 Å². The average Bonchev–Trinajstić information content (AvgIpc) is 2.79. The Morgan fingerprint density at radius 1 is 0.886 bits per heavy atom. The number of alkyl halides is 3. The fourth-order valence-corrected chi connectivity index (χ4v) is 4.50. The van der Waals surface area contributed by atoms with Crippen LogP contribution in [0.15, 0.2) is 76.5 Å². The Balaban J connectivity index is 1.83. The van der Waals surface area contributed by atoms with Gasteiger partial charge in [0.15, 0.2) is 0 Å². The van der Waals surface area contributed by atoms with E-state index in [-0.39, 0.29) is 39.0 Å². The van der Waals surface area contributed by atoms with Gasteiger partial charge >= 0.3 is 12.1 Å². The average molecular weight is 509 g/mol. The zero-order valence-electron chi connectivity index (χ0n) is 18.7. The highest BCUT2D eigenvalue weighted by molar-refractivity contribution is 7.91. The molecule has 0 atom stereocenters. The van der Waals surface area contributed by atoms with Crippen molar-refractivity contribution in [3.8, 4) is 17.2 Å². The number of sulfone groups is 1. The van der Waals surface area contributed by atoms with Crippen LogP contribution in [0.5, 0.6) is 17.2 Å². The van der Waals surface area contributed by atoms with Crippen molar-refractivity contribution in [2.24, 2.45) is 0 Å². The van der Waals surface area contributed by atoms with Gasteiger partial charge < -0.3 is 14.6 Å². The Morgan fingerprint density at radius 2 is 1.49 bits per heavy atom. The van der Waals surface area contributed by atoms with E-state index in [2.05, 4.69) is 0 Å². The Labute approximate surface area is 200 Å². The SMILES string of the molecule is CCCCOc1cc(CC(=O)O)cc(S(=O)(=O)c2ccc(Oc3ccc(C(F)(F)F)cc3)cc2)c1. The minimum absolute atomic E-state index is 0.0655. The number of aliphatic carboxylic acids is 1. The van der Waals surface area contributed by atoms with E-state index in [1.165, 1.54) is 54.6 Å². The lowest BCUT2D eigenvalue weighted by atomic mass is 10.1. The minimum Gasteiger partial charge on any atom is -0.494 e. The molecule has 0 saturated heterocycles. The van der Waals surface area contributed by atoms with Crippen LogP contribution in [0.1, 0.15) is 30.9 Å². The number of hydrogen-bond acceptors (Lipinski definition) is 5. The zero-order valence-corrected chi connectivity index (χ0v) is 19.5. The number of carboxylic acid groups (broad SMARTS) is 1. The maximum atomic E-state index is 13.2. The molecular weight excluding hydrogens is 485 g/mol. The van der Waals surface area contributed by atoms with Gasteiger partial charge in [-0.15, -0.1) is 0 Å². The molecule has 0 radical (unpaired) electrons. The zero-order chi connectivity index (χ0) is 25.6. The fourth-order valence-electron chi connectivity index (χ4n) is 3.15. The molecule has 0 saturated carbocycles. The first-order chi connectivity index (χ1) is 16.5. The van der Waals surface area contributed by atoms with Crippen molar-refractivity contribution >= 4 is 15.8 Å². The predicted molar refractivity (Wildman–Crippen MR) is 122 cm³/mol. The number of halogens is 3. The molecule has 3 rings (SSSR count). The third-order valence-electron chi connectivity index (χ3n) is 4.92. The highest BCUT2D eigenvalue weighted by Gasteiger charge is 2.30. The number of carbonyl (C=O) groups is 1. The quantitative estimate of drug-likeness (QED) is 0.331. The fraction of sp³-hybridized carbons (Fsp3) is 0.240. The molecule has 0 aliphatic carbocycles. The topological polar surface area (TPSA) is 89.9 Å². The highest BCUT2D eigenvalue weighted by Crippen LogP contribution is 2.32. The van der Waals surface area contributed by atoms with Gasteiger partial charge in [-0.25, -0.2) is 8.42 Å². The molecule has 0 unspecified atom stereocenters. The van der Waals surface area contributed by atoms with Crippen molar-refractivity contribution in [1.82, 2.24) is 0 Å². The molecular formula is C25H23F3O6S. The highest BCUT2D eigenvalue weighted by atomic mass is 32.2. The Morgan fingerprint density at radius 3 is 2.03 bits per heavy atom. The summed E-state index contributed by atoms with van der Waals surface area (Å²) in [5.41, 5.74) is -0.526. The van der Waals surface area contributed by atoms with Crippen LogP contribution in [0.25, 0.3) is 0 Å². The van der Waals surface area contributed by atoms with Gasteiger partial charge in [-0.2, -0.15) is 13.2 Å². The molecule has 0 heterocycles. The summed E-state index contributed by atoms with van der Waals surface area (Å²) in [5, 5.41) is 9.13. The molecule has 0 aliphatic rings. The third kappa shape index (κ3) is 6.98. The van der Waals surface area contributed by atoms with Crippen molar-refractivity contribution in [2.45, 2.75) is 42.2 Å². The molecule has 186 valence electrons. The van der Waals surface area contributed by atoms with Crippen LogP contribution in [0, 0.1) is 0 Å². The standard InChI is InChI=1S/C25H23F3O6S/c1-2-3-12-33-21-13-17(15-24(29)30)14-23(16-21)35(31,32)22-10-8-20(9-11-22)34-19-6-4-18(5-7-19)25(26,27)28/h4-11,13-14,16H,2-3,12,15H2,1H3,(H,29,30). The van der Waals surface area contributed by atoms with Crippen molar-refractivity contribution in [3.05, 3.63) is 77.9 Å². The maximum Gasteiger partial charge on any atom is 0.416 e. The lowest BCUT2D eigenvalue weighted by Gasteiger charge is -2.12. The van der Waals surface area contributed by atoms with Gasteiger partial charge in [-0.3, -0.25) is 4.79 Å². The number of carboxylic acids is 1. The molecule has 0 fully saturated rings. The number of rotatable bonds is 10. The van der Waals surface area contributed by atoms with Gasteiger partial charge in [0.2, 0.25) is 9.84 Å². The van der Waals surface area contributed by atoms with E-state index in [1.54, 1.807) is 0 Å². The van der Waals surface area contributed by atoms with E-state index in [9.17, 15) is 26.4 Å². The molecule has 0 aromatic heterocycles. The molecule has 1 N–H and O–H groups in total. The van der Waals surface area contributed by atoms with Crippen LogP contribution in [0.4, 0.5) is 13.2 Å². The molecule has 0 aliphatic heterocycles. The van der Waals surface area contributed by atoms with Crippen molar-refractivity contribution in [1.29, 1.82) is 0 Å². The smallest absolute Gasteiger partial charge is 0.416 e. The predicted octanol–water partition coefficient (Wildman–Crippen LogP) is 6.14. The van der Waals surface area contributed by atoms with Gasteiger partial charge in [-0.1, -0.05) is 13.3 Å². The summed E-state index contributed by atoms with van der Waals surface area (Å²) in [6.45, 7) is 2.34. The van der Waals surface area contributed by atoms with Crippen LogP contribution in [-0.2, 0) is 27.2 Å². The van der Waals surface area contributed by atoms with E-state index in [1.807, 2.05) is 6.92 Å². The Bertz CT molecular complexity index is 1270. The molecule has 3 aromatic rings. The second-order valence-corrected chi connectivity index (χ2v) is 9.63. The maximum absolute atomic E-state index is 13.2. The van der Waals surface area contributed by atoms with Crippen LogP contribution < -0.4 is 9.47 Å². The monoisotopic (exact) mass is 508 g/mol. The van der Waals surface area contributed by atoms with E-state index >= 15 is 0 Å². The summed E-state index contributed by atoms with van der Waals surface area (Å²) >= 11 is 0. The van der Waals surface area contributed by atoms with Crippen molar-refractivity contribution < 1.29 is 41.0 Å². The Hall–Kier alpha value is -3.53. The van der Waals surface area contributed by atoms with Crippen LogP contribution in [-0.4, -0.2) is 26.1 Å². The van der Waals surface area contributed by atoms with Gasteiger partial charge in [-0.05, 0) is 78.7 Å². The number of benzene rings is 3. The van der Waals surface area contributed by atoms with Gasteiger partial charge in [0, 0.05) is 0 Å². The first kappa shape index (κ1) is 26.1. The normalized spacial score (nSPS) is 11.8. The second-order valence-electron chi connectivity index (χ2n) is 7.68. The van der Waals surface area contributed by atoms with Crippen LogP contribution in [0.2, 0.25) is 0 Å². The number of unbranched alkanes of at least 4 members (excludes halogenated alkanes) is 1. The first-order valence-electron chi connectivity index (χ1n) is 10.7. The number of ether oxygens (including phenoxy) is 2. The van der Waals surface area contributed by atoms with Gasteiger partial charge in [0.1, 0.15) is 17.2 Å². The second kappa shape index (κ2) is 10.8. The first-order valence-corrected chi connectivity index (χ1v) is 12.2. The molecule has 6 nitrogen and oxygen atoms in total. The van der Waals surface area contributed by atoms with Gasteiger partial charge in [0.25, 0.3) is 0 Å². The number of hydrogen-bond donors (Lipinski definition) is 1. The van der Waals surface area contributed by atoms with E-state index in [4.69, 9.17) is 14.6 Å². The third-order valence-corrected chi connectivity index (χ3v) is 6.67. The molecule has 0 bridgehead atoms. The molecule has 0 spiro atoms. The molecule has 35 heavy (non-hydrogen) atoms. The van der Waals surface area contributed by atoms with Gasteiger partial charge in [0.05, 0.1) is 28.4 Å². The summed E-state index contributed by atoms with van der Waals surface area (Å²) < 4.78 is 75.6. The summed E-state index contributed by atoms with van der Waals surface area (Å²) in [6, 6.07) is 13.6. The molecule has 3 aromatic carbocycles. The Kier molecular flexibility index (Phi) is 8.06.